The minimum absolute atomic E-state index is 0.365. The van der Waals surface area contributed by atoms with E-state index in [1.807, 2.05) is 18.2 Å². The SMILES string of the molecule is COP(=O)(c1ccccc1)c1cnccn1. The van der Waals surface area contributed by atoms with Gasteiger partial charge in [0.2, 0.25) is 0 Å². The van der Waals surface area contributed by atoms with Gasteiger partial charge in [0.1, 0.15) is 5.44 Å². The van der Waals surface area contributed by atoms with Gasteiger partial charge in [0.15, 0.2) is 0 Å². The number of benzene rings is 1. The monoisotopic (exact) mass is 234 g/mol. The molecule has 1 aromatic carbocycles. The maximum Gasteiger partial charge on any atom is 0.280 e. The first-order chi connectivity index (χ1) is 7.77. The van der Waals surface area contributed by atoms with Gasteiger partial charge in [-0.3, -0.25) is 9.55 Å². The Morgan fingerprint density at radius 3 is 2.50 bits per heavy atom. The molecule has 4 nitrogen and oxygen atoms in total. The van der Waals surface area contributed by atoms with E-state index in [1.54, 1.807) is 12.1 Å². The first-order valence-electron chi connectivity index (χ1n) is 4.75. The van der Waals surface area contributed by atoms with Crippen LogP contribution in [0.5, 0.6) is 0 Å². The lowest BCUT2D eigenvalue weighted by atomic mass is 10.4. The molecule has 0 saturated carbocycles. The number of aromatic nitrogens is 2. The van der Waals surface area contributed by atoms with Crippen molar-refractivity contribution in [2.45, 2.75) is 0 Å². The van der Waals surface area contributed by atoms with Crippen LogP contribution in [0.15, 0.2) is 48.9 Å². The van der Waals surface area contributed by atoms with Gasteiger partial charge in [-0.1, -0.05) is 18.2 Å². The lowest BCUT2D eigenvalue weighted by Crippen LogP contribution is -2.20. The molecule has 0 radical (unpaired) electrons. The fourth-order valence-corrected chi connectivity index (χ4v) is 3.06. The number of rotatable bonds is 3. The largest absolute Gasteiger partial charge is 0.324 e. The van der Waals surface area contributed by atoms with Crippen LogP contribution in [-0.2, 0) is 9.09 Å². The van der Waals surface area contributed by atoms with E-state index in [0.717, 1.165) is 0 Å². The molecule has 0 aliphatic rings. The first kappa shape index (κ1) is 11.0. The summed E-state index contributed by atoms with van der Waals surface area (Å²) in [4.78, 5) is 7.96. The Labute approximate surface area is 93.8 Å². The lowest BCUT2D eigenvalue weighted by Gasteiger charge is -2.14. The van der Waals surface area contributed by atoms with Gasteiger partial charge in [-0.2, -0.15) is 0 Å². The highest BCUT2D eigenvalue weighted by molar-refractivity contribution is 7.74. The van der Waals surface area contributed by atoms with Gasteiger partial charge in [0.05, 0.1) is 6.20 Å². The van der Waals surface area contributed by atoms with Crippen molar-refractivity contribution in [2.24, 2.45) is 0 Å². The Morgan fingerprint density at radius 2 is 1.94 bits per heavy atom. The standard InChI is InChI=1S/C11H11N2O2P/c1-15-16(14,10-5-3-2-4-6-10)11-9-12-7-8-13-11/h2-9H,1H3. The summed E-state index contributed by atoms with van der Waals surface area (Å²) in [5.41, 5.74) is 0.365. The molecule has 1 atom stereocenters. The summed E-state index contributed by atoms with van der Waals surface area (Å²) in [5.74, 6) is 0. The van der Waals surface area contributed by atoms with Crippen molar-refractivity contribution >= 4 is 18.1 Å². The predicted molar refractivity (Wildman–Crippen MR) is 62.4 cm³/mol. The third kappa shape index (κ3) is 1.90. The number of hydrogen-bond acceptors (Lipinski definition) is 4. The fraction of sp³-hybridized carbons (Fsp3) is 0.0909. The van der Waals surface area contributed by atoms with Crippen molar-refractivity contribution in [3.05, 3.63) is 48.9 Å². The molecule has 0 aliphatic carbocycles. The zero-order valence-corrected chi connectivity index (χ0v) is 9.67. The van der Waals surface area contributed by atoms with Crippen molar-refractivity contribution in [3.8, 4) is 0 Å². The van der Waals surface area contributed by atoms with Crippen LogP contribution in [0.3, 0.4) is 0 Å². The quantitative estimate of drug-likeness (QED) is 0.752. The third-order valence-electron chi connectivity index (χ3n) is 2.20. The molecule has 16 heavy (non-hydrogen) atoms. The molecule has 1 aromatic heterocycles. The molecular weight excluding hydrogens is 223 g/mol. The highest BCUT2D eigenvalue weighted by atomic mass is 31.2. The Balaban J connectivity index is 2.54. The van der Waals surface area contributed by atoms with Crippen molar-refractivity contribution in [1.29, 1.82) is 0 Å². The van der Waals surface area contributed by atoms with E-state index < -0.39 is 7.37 Å². The molecular formula is C11H11N2O2P. The maximum atomic E-state index is 12.7. The van der Waals surface area contributed by atoms with Crippen LogP contribution in [0.25, 0.3) is 0 Å². The van der Waals surface area contributed by atoms with Gasteiger partial charge >= 0.3 is 0 Å². The maximum absolute atomic E-state index is 12.7. The van der Waals surface area contributed by atoms with E-state index >= 15 is 0 Å². The summed E-state index contributed by atoms with van der Waals surface area (Å²) in [5, 5.41) is 0.623. The minimum Gasteiger partial charge on any atom is -0.324 e. The van der Waals surface area contributed by atoms with E-state index in [2.05, 4.69) is 9.97 Å². The normalized spacial score (nSPS) is 14.3. The van der Waals surface area contributed by atoms with Crippen LogP contribution in [0.2, 0.25) is 0 Å². The third-order valence-corrected chi connectivity index (χ3v) is 4.53. The lowest BCUT2D eigenvalue weighted by molar-refractivity contribution is 0.411. The van der Waals surface area contributed by atoms with E-state index in [4.69, 9.17) is 4.52 Å². The fourth-order valence-electron chi connectivity index (χ4n) is 1.40. The average Bonchev–Trinajstić information content (AvgIpc) is 2.40. The molecule has 82 valence electrons. The number of nitrogens with zero attached hydrogens (tertiary/aromatic N) is 2. The van der Waals surface area contributed by atoms with Gasteiger partial charge in [-0.15, -0.1) is 0 Å². The molecule has 2 rings (SSSR count). The molecule has 2 aromatic rings. The first-order valence-corrected chi connectivity index (χ1v) is 6.38. The van der Waals surface area contributed by atoms with Crippen molar-refractivity contribution in [1.82, 2.24) is 9.97 Å². The van der Waals surface area contributed by atoms with Gasteiger partial charge < -0.3 is 4.52 Å². The molecule has 5 heteroatoms. The summed E-state index contributed by atoms with van der Waals surface area (Å²) in [6, 6.07) is 9.02. The highest BCUT2D eigenvalue weighted by Crippen LogP contribution is 2.42. The van der Waals surface area contributed by atoms with E-state index in [-0.39, 0.29) is 0 Å². The molecule has 0 amide bonds. The number of hydrogen-bond donors (Lipinski definition) is 0. The molecule has 1 heterocycles. The molecule has 0 saturated heterocycles. The van der Waals surface area contributed by atoms with Crippen molar-refractivity contribution in [3.63, 3.8) is 0 Å². The Bertz CT molecular complexity index is 458. The van der Waals surface area contributed by atoms with Gasteiger partial charge in [0.25, 0.3) is 7.37 Å². The topological polar surface area (TPSA) is 52.1 Å². The Morgan fingerprint density at radius 1 is 1.19 bits per heavy atom. The Hall–Kier alpha value is -1.51. The van der Waals surface area contributed by atoms with Crippen LogP contribution in [-0.4, -0.2) is 17.1 Å². The van der Waals surface area contributed by atoms with Crippen molar-refractivity contribution in [2.75, 3.05) is 7.11 Å². The van der Waals surface area contributed by atoms with Crippen LogP contribution >= 0.6 is 7.37 Å². The van der Waals surface area contributed by atoms with Gasteiger partial charge in [-0.05, 0) is 12.1 Å². The Kier molecular flexibility index (Phi) is 3.13. The summed E-state index contributed by atoms with van der Waals surface area (Å²) in [6.07, 6.45) is 4.51. The van der Waals surface area contributed by atoms with E-state index in [0.29, 0.717) is 10.7 Å². The second-order valence-electron chi connectivity index (χ2n) is 3.13. The molecule has 0 aliphatic heterocycles. The second kappa shape index (κ2) is 4.56. The molecule has 0 N–H and O–H groups in total. The van der Waals surface area contributed by atoms with Gasteiger partial charge in [-0.25, -0.2) is 4.98 Å². The highest BCUT2D eigenvalue weighted by Gasteiger charge is 2.28. The predicted octanol–water partition coefficient (Wildman–Crippen LogP) is 1.35. The molecule has 0 bridgehead atoms. The zero-order valence-electron chi connectivity index (χ0n) is 8.78. The molecule has 1 unspecified atom stereocenters. The summed E-state index contributed by atoms with van der Waals surface area (Å²) >= 11 is 0. The smallest absolute Gasteiger partial charge is 0.280 e. The second-order valence-corrected chi connectivity index (χ2v) is 5.58. The average molecular weight is 234 g/mol. The van der Waals surface area contributed by atoms with E-state index in [1.165, 1.54) is 25.7 Å². The van der Waals surface area contributed by atoms with Crippen LogP contribution in [0.4, 0.5) is 0 Å². The van der Waals surface area contributed by atoms with Gasteiger partial charge in [0, 0.05) is 24.8 Å². The summed E-state index contributed by atoms with van der Waals surface area (Å²) < 4.78 is 17.8. The van der Waals surface area contributed by atoms with Crippen LogP contribution in [0.1, 0.15) is 0 Å². The molecule has 0 spiro atoms. The zero-order chi connectivity index (χ0) is 11.4. The summed E-state index contributed by atoms with van der Waals surface area (Å²) in [7, 11) is -1.66. The molecule has 0 fully saturated rings. The minimum atomic E-state index is -3.08. The van der Waals surface area contributed by atoms with E-state index in [9.17, 15) is 4.57 Å². The summed E-state index contributed by atoms with van der Waals surface area (Å²) in [6.45, 7) is 0. The van der Waals surface area contributed by atoms with Crippen LogP contribution in [0, 0.1) is 0 Å². The van der Waals surface area contributed by atoms with Crippen LogP contribution < -0.4 is 10.7 Å². The van der Waals surface area contributed by atoms with Crippen molar-refractivity contribution < 1.29 is 9.09 Å².